The summed E-state index contributed by atoms with van der Waals surface area (Å²) >= 11 is 3.35. The molecule has 0 atom stereocenters. The Hall–Kier alpha value is -0.386. The van der Waals surface area contributed by atoms with Crippen molar-refractivity contribution in [3.05, 3.63) is 48.9 Å². The van der Waals surface area contributed by atoms with Crippen LogP contribution in [-0.2, 0) is 14.6 Å². The predicted octanol–water partition coefficient (Wildman–Crippen LogP) is 3.22. The van der Waals surface area contributed by atoms with Crippen molar-refractivity contribution in [3.63, 3.8) is 0 Å². The molecule has 0 aliphatic rings. The van der Waals surface area contributed by atoms with Crippen LogP contribution in [0.25, 0.3) is 6.08 Å². The third-order valence-corrected chi connectivity index (χ3v) is 1.11. The van der Waals surface area contributed by atoms with Gasteiger partial charge >= 0.3 is 24.8 Å². The SMILES string of the molecule is [CH2-]C=Cc1ccccc1.[Cl][Ni]. The number of rotatable bonds is 1. The maximum absolute atomic E-state index is 4.26. The fourth-order valence-corrected chi connectivity index (χ4v) is 0.700. The molecule has 2 heteroatoms. The molecule has 0 N–H and O–H groups in total. The summed E-state index contributed by atoms with van der Waals surface area (Å²) in [5, 5.41) is 0. The summed E-state index contributed by atoms with van der Waals surface area (Å²) in [5.41, 5.74) is 1.20. The standard InChI is InChI=1S/C9H9.ClH.Ni/c1-2-6-9-7-4-3-5-8-9;;/h2-8H,1H2;1H;/q-1;;+1/p-1. The van der Waals surface area contributed by atoms with Crippen molar-refractivity contribution >= 4 is 16.3 Å². The summed E-state index contributed by atoms with van der Waals surface area (Å²) in [5.74, 6) is 0. The summed E-state index contributed by atoms with van der Waals surface area (Å²) < 4.78 is 0. The molecule has 1 rings (SSSR count). The number of hydrogen-bond donors (Lipinski definition) is 0. The van der Waals surface area contributed by atoms with E-state index in [9.17, 15) is 0 Å². The van der Waals surface area contributed by atoms with Gasteiger partial charge in [-0.2, -0.15) is 0 Å². The average molecular weight is 211 g/mol. The predicted molar refractivity (Wildman–Crippen MR) is 46.7 cm³/mol. The zero-order chi connectivity index (χ0) is 8.53. The van der Waals surface area contributed by atoms with E-state index < -0.39 is 0 Å². The van der Waals surface area contributed by atoms with Crippen molar-refractivity contribution in [2.45, 2.75) is 0 Å². The zero-order valence-corrected chi connectivity index (χ0v) is 7.69. The minimum atomic E-state index is 1.20. The van der Waals surface area contributed by atoms with Crippen molar-refractivity contribution in [1.29, 1.82) is 0 Å². The van der Waals surface area contributed by atoms with Crippen LogP contribution in [0.1, 0.15) is 5.56 Å². The van der Waals surface area contributed by atoms with Crippen LogP contribution in [0.5, 0.6) is 0 Å². The molecule has 0 aliphatic heterocycles. The first kappa shape index (κ1) is 10.6. The van der Waals surface area contributed by atoms with E-state index in [4.69, 9.17) is 0 Å². The second-order valence-corrected chi connectivity index (χ2v) is 1.81. The van der Waals surface area contributed by atoms with E-state index in [-0.39, 0.29) is 0 Å². The molecule has 0 saturated heterocycles. The first-order valence-electron chi connectivity index (χ1n) is 3.06. The van der Waals surface area contributed by atoms with Crippen LogP contribution in [0.3, 0.4) is 0 Å². The van der Waals surface area contributed by atoms with Gasteiger partial charge in [0.05, 0.1) is 0 Å². The Labute approximate surface area is 79.9 Å². The van der Waals surface area contributed by atoms with Crippen molar-refractivity contribution in [2.75, 3.05) is 0 Å². The number of hydrogen-bond acceptors (Lipinski definition) is 0. The van der Waals surface area contributed by atoms with Gasteiger partial charge in [-0.25, -0.2) is 19.1 Å². The van der Waals surface area contributed by atoms with Crippen molar-refractivity contribution in [3.8, 4) is 0 Å². The molecule has 0 nitrogen and oxygen atoms in total. The summed E-state index contributed by atoms with van der Waals surface area (Å²) in [4.78, 5) is 0. The van der Waals surface area contributed by atoms with Gasteiger partial charge in [0.15, 0.2) is 0 Å². The Morgan fingerprint density at radius 2 is 1.73 bits per heavy atom. The number of halogens is 1. The average Bonchev–Trinajstić information content (AvgIpc) is 2.11. The molecule has 0 spiro atoms. The van der Waals surface area contributed by atoms with Crippen LogP contribution in [0.2, 0.25) is 0 Å². The van der Waals surface area contributed by atoms with E-state index in [2.05, 4.69) is 31.7 Å². The van der Waals surface area contributed by atoms with Gasteiger partial charge < -0.3 is 0 Å². The first-order chi connectivity index (χ1) is 5.43. The molecule has 0 saturated carbocycles. The Morgan fingerprint density at radius 1 is 1.18 bits per heavy atom. The fourth-order valence-electron chi connectivity index (χ4n) is 0.700. The van der Waals surface area contributed by atoms with Crippen LogP contribution in [0.4, 0.5) is 0 Å². The van der Waals surface area contributed by atoms with E-state index in [0.717, 1.165) is 0 Å². The molecule has 1 aromatic carbocycles. The fraction of sp³-hybridized carbons (Fsp3) is 0. The second kappa shape index (κ2) is 7.72. The van der Waals surface area contributed by atoms with Crippen LogP contribution in [0, 0.1) is 6.92 Å². The van der Waals surface area contributed by atoms with Gasteiger partial charge in [-0.15, -0.1) is 5.56 Å². The van der Waals surface area contributed by atoms with Crippen LogP contribution in [-0.4, -0.2) is 0 Å². The molecule has 11 heavy (non-hydrogen) atoms. The molecule has 0 aliphatic carbocycles. The van der Waals surface area contributed by atoms with E-state index in [1.165, 1.54) is 5.56 Å². The van der Waals surface area contributed by atoms with Crippen LogP contribution >= 0.6 is 10.2 Å². The van der Waals surface area contributed by atoms with Gasteiger partial charge in [0.2, 0.25) is 0 Å². The van der Waals surface area contributed by atoms with Gasteiger partial charge in [0, 0.05) is 0 Å². The van der Waals surface area contributed by atoms with Crippen molar-refractivity contribution in [1.82, 2.24) is 0 Å². The minimum absolute atomic E-state index is 1.20. The van der Waals surface area contributed by atoms with Crippen molar-refractivity contribution in [2.24, 2.45) is 0 Å². The molecule has 1 aromatic rings. The molecule has 0 amide bonds. The van der Waals surface area contributed by atoms with Gasteiger partial charge in [0.25, 0.3) is 0 Å². The molecule has 0 fully saturated rings. The third-order valence-electron chi connectivity index (χ3n) is 1.11. The first-order valence-corrected chi connectivity index (χ1v) is 4.42. The Balaban J connectivity index is 0.000000461. The summed E-state index contributed by atoms with van der Waals surface area (Å²) in [7, 11) is 4.26. The molecule has 0 unspecified atom stereocenters. The number of allylic oxidation sites excluding steroid dienone is 1. The molecular weight excluding hydrogens is 202 g/mol. The molecular formula is C9H9ClNi-. The molecule has 0 radical (unpaired) electrons. The Bertz CT molecular complexity index is 194. The van der Waals surface area contributed by atoms with E-state index in [1.807, 2.05) is 36.4 Å². The quantitative estimate of drug-likeness (QED) is 0.494. The summed E-state index contributed by atoms with van der Waals surface area (Å²) in [6, 6.07) is 10.1. The third kappa shape index (κ3) is 4.95. The van der Waals surface area contributed by atoms with E-state index in [1.54, 1.807) is 6.08 Å². The summed E-state index contributed by atoms with van der Waals surface area (Å²) in [6.07, 6.45) is 3.76. The molecule has 63 valence electrons. The van der Waals surface area contributed by atoms with E-state index in [0.29, 0.717) is 0 Å². The van der Waals surface area contributed by atoms with E-state index >= 15 is 0 Å². The van der Waals surface area contributed by atoms with Gasteiger partial charge in [-0.3, -0.25) is 0 Å². The molecule has 0 heterocycles. The van der Waals surface area contributed by atoms with Crippen molar-refractivity contribution < 1.29 is 14.6 Å². The summed E-state index contributed by atoms with van der Waals surface area (Å²) in [6.45, 7) is 3.60. The Kier molecular flexibility index (Phi) is 7.45. The van der Waals surface area contributed by atoms with Gasteiger partial charge in [-0.05, 0) is 0 Å². The molecule has 0 bridgehead atoms. The monoisotopic (exact) mass is 210 g/mol. The maximum atomic E-state index is 4.26. The van der Waals surface area contributed by atoms with Crippen LogP contribution < -0.4 is 0 Å². The normalized spacial score (nSPS) is 9.00. The Morgan fingerprint density at radius 3 is 2.18 bits per heavy atom. The van der Waals surface area contributed by atoms with Gasteiger partial charge in [-0.1, -0.05) is 30.3 Å². The number of benzene rings is 1. The second-order valence-electron chi connectivity index (χ2n) is 1.81. The van der Waals surface area contributed by atoms with Gasteiger partial charge in [0.1, 0.15) is 0 Å². The van der Waals surface area contributed by atoms with Crippen LogP contribution in [0.15, 0.2) is 36.4 Å². The molecule has 0 aromatic heterocycles. The topological polar surface area (TPSA) is 0 Å². The zero-order valence-electron chi connectivity index (χ0n) is 5.94.